The summed E-state index contributed by atoms with van der Waals surface area (Å²) in [5.74, 6) is 0.991. The molecule has 1 fully saturated rings. The van der Waals surface area contributed by atoms with Crippen LogP contribution in [-0.4, -0.2) is 12.1 Å². The molecule has 2 nitrogen and oxygen atoms in total. The van der Waals surface area contributed by atoms with Crippen molar-refractivity contribution < 1.29 is 4.74 Å². The van der Waals surface area contributed by atoms with E-state index in [0.717, 1.165) is 55.0 Å². The van der Waals surface area contributed by atoms with Crippen LogP contribution in [0.25, 0.3) is 0 Å². The maximum atomic E-state index is 6.33. The van der Waals surface area contributed by atoms with E-state index in [2.05, 4.69) is 75.2 Å². The molecule has 0 heterocycles. The van der Waals surface area contributed by atoms with Gasteiger partial charge in [0, 0.05) is 23.2 Å². The Hall–Kier alpha value is -2.29. The second-order valence-electron chi connectivity index (χ2n) is 8.55. The van der Waals surface area contributed by atoms with Crippen LogP contribution in [0.15, 0.2) is 89.8 Å². The van der Waals surface area contributed by atoms with Crippen molar-refractivity contribution >= 4 is 11.6 Å². The molecule has 2 aliphatic carbocycles. The molecule has 0 amide bonds. The van der Waals surface area contributed by atoms with E-state index in [1.165, 1.54) is 22.3 Å². The lowest BCUT2D eigenvalue weighted by molar-refractivity contribution is 0.204. The minimum absolute atomic E-state index is 0.214. The average molecular weight is 450 g/mol. The molecule has 0 saturated heterocycles. The van der Waals surface area contributed by atoms with Crippen LogP contribution in [0, 0.1) is 6.92 Å². The third-order valence-corrected chi connectivity index (χ3v) is 5.94. The molecule has 3 heteroatoms. The Kier molecular flexibility index (Phi) is 9.20. The Labute approximate surface area is 199 Å². The highest BCUT2D eigenvalue weighted by molar-refractivity contribution is 6.30. The molecule has 1 unspecified atom stereocenters. The summed E-state index contributed by atoms with van der Waals surface area (Å²) in [4.78, 5) is 0. The Morgan fingerprint density at radius 3 is 2.78 bits per heavy atom. The SMILES string of the molecule is C=C/C=C(C1=CC=CCC=C1OC1CC1)\C(=C/C)C(CCC)NCc1cc(C)cc(Cl)c1. The zero-order chi connectivity index (χ0) is 22.9. The largest absolute Gasteiger partial charge is 0.490 e. The zero-order valence-electron chi connectivity index (χ0n) is 19.7. The van der Waals surface area contributed by atoms with Gasteiger partial charge in [-0.25, -0.2) is 0 Å². The van der Waals surface area contributed by atoms with Crippen LogP contribution in [-0.2, 0) is 11.3 Å². The Morgan fingerprint density at radius 1 is 1.31 bits per heavy atom. The van der Waals surface area contributed by atoms with E-state index in [4.69, 9.17) is 16.3 Å². The molecule has 0 aliphatic heterocycles. The third-order valence-electron chi connectivity index (χ3n) is 5.73. The van der Waals surface area contributed by atoms with E-state index in [1.807, 2.05) is 18.2 Å². The number of allylic oxidation sites excluding steroid dienone is 8. The number of rotatable bonds is 11. The first-order chi connectivity index (χ1) is 15.5. The molecule has 1 aromatic carbocycles. The number of halogens is 1. The second-order valence-corrected chi connectivity index (χ2v) is 8.99. The lowest BCUT2D eigenvalue weighted by atomic mass is 9.88. The summed E-state index contributed by atoms with van der Waals surface area (Å²) in [6.07, 6.45) is 20.6. The van der Waals surface area contributed by atoms with Gasteiger partial charge in [-0.1, -0.05) is 74.0 Å². The highest BCUT2D eigenvalue weighted by Crippen LogP contribution is 2.36. The molecule has 3 rings (SSSR count). The quantitative estimate of drug-likeness (QED) is 0.346. The summed E-state index contributed by atoms with van der Waals surface area (Å²) in [5, 5.41) is 4.58. The van der Waals surface area contributed by atoms with Crippen LogP contribution in [0.1, 0.15) is 57.1 Å². The Bertz CT molecular complexity index is 939. The summed E-state index contributed by atoms with van der Waals surface area (Å²) < 4.78 is 6.33. The molecule has 1 saturated carbocycles. The van der Waals surface area contributed by atoms with Crippen LogP contribution < -0.4 is 5.32 Å². The predicted molar refractivity (Wildman–Crippen MR) is 138 cm³/mol. The van der Waals surface area contributed by atoms with Crippen molar-refractivity contribution in [3.63, 3.8) is 0 Å². The molecule has 0 bridgehead atoms. The molecule has 1 N–H and O–H groups in total. The van der Waals surface area contributed by atoms with E-state index in [9.17, 15) is 0 Å². The van der Waals surface area contributed by atoms with Gasteiger partial charge in [-0.15, -0.1) is 0 Å². The number of hydrogen-bond acceptors (Lipinski definition) is 2. The maximum absolute atomic E-state index is 6.33. The summed E-state index contributed by atoms with van der Waals surface area (Å²) in [7, 11) is 0. The van der Waals surface area contributed by atoms with Crippen molar-refractivity contribution in [2.75, 3.05) is 0 Å². The Balaban J connectivity index is 1.88. The lowest BCUT2D eigenvalue weighted by Gasteiger charge is -2.26. The Morgan fingerprint density at radius 2 is 2.12 bits per heavy atom. The van der Waals surface area contributed by atoms with E-state index in [1.54, 1.807) is 0 Å². The topological polar surface area (TPSA) is 21.3 Å². The maximum Gasteiger partial charge on any atom is 0.123 e. The molecule has 170 valence electrons. The number of aryl methyl sites for hydroxylation is 1. The number of benzene rings is 1. The van der Waals surface area contributed by atoms with Crippen molar-refractivity contribution in [2.24, 2.45) is 0 Å². The van der Waals surface area contributed by atoms with E-state index in [-0.39, 0.29) is 6.04 Å². The molecule has 1 aromatic rings. The number of hydrogen-bond donors (Lipinski definition) is 1. The first-order valence-electron chi connectivity index (χ1n) is 11.8. The van der Waals surface area contributed by atoms with Crippen molar-refractivity contribution in [2.45, 2.75) is 71.6 Å². The summed E-state index contributed by atoms with van der Waals surface area (Å²) in [6.45, 7) is 11.2. The van der Waals surface area contributed by atoms with Gasteiger partial charge in [-0.05, 0) is 80.0 Å². The summed E-state index contributed by atoms with van der Waals surface area (Å²) in [5.41, 5.74) is 5.98. The van der Waals surface area contributed by atoms with Gasteiger partial charge < -0.3 is 10.1 Å². The van der Waals surface area contributed by atoms with Crippen LogP contribution >= 0.6 is 11.6 Å². The van der Waals surface area contributed by atoms with Crippen molar-refractivity contribution in [1.29, 1.82) is 0 Å². The molecular formula is C29H36ClNO. The fraction of sp³-hybridized carbons (Fsp3) is 0.379. The predicted octanol–water partition coefficient (Wildman–Crippen LogP) is 7.91. The molecule has 2 aliphatic rings. The number of ether oxygens (including phenoxy) is 1. The van der Waals surface area contributed by atoms with Gasteiger partial charge in [0.15, 0.2) is 0 Å². The minimum atomic E-state index is 0.214. The fourth-order valence-electron chi connectivity index (χ4n) is 4.12. The highest BCUT2D eigenvalue weighted by atomic mass is 35.5. The van der Waals surface area contributed by atoms with Gasteiger partial charge in [0.25, 0.3) is 0 Å². The van der Waals surface area contributed by atoms with Gasteiger partial charge in [0.2, 0.25) is 0 Å². The average Bonchev–Trinajstić information content (AvgIpc) is 3.59. The number of nitrogens with one attached hydrogen (secondary N) is 1. The monoisotopic (exact) mass is 449 g/mol. The van der Waals surface area contributed by atoms with Crippen molar-refractivity contribution in [3.05, 3.63) is 106 Å². The van der Waals surface area contributed by atoms with Crippen molar-refractivity contribution in [3.8, 4) is 0 Å². The van der Waals surface area contributed by atoms with Gasteiger partial charge >= 0.3 is 0 Å². The lowest BCUT2D eigenvalue weighted by Crippen LogP contribution is -2.31. The molecule has 0 spiro atoms. The first-order valence-corrected chi connectivity index (χ1v) is 12.2. The highest BCUT2D eigenvalue weighted by Gasteiger charge is 2.28. The molecule has 0 radical (unpaired) electrons. The van der Waals surface area contributed by atoms with Crippen LogP contribution in [0.3, 0.4) is 0 Å². The fourth-order valence-corrected chi connectivity index (χ4v) is 4.44. The van der Waals surface area contributed by atoms with Gasteiger partial charge in [-0.2, -0.15) is 0 Å². The van der Waals surface area contributed by atoms with Crippen molar-refractivity contribution in [1.82, 2.24) is 5.32 Å². The summed E-state index contributed by atoms with van der Waals surface area (Å²) >= 11 is 6.29. The van der Waals surface area contributed by atoms with Crippen LogP contribution in [0.4, 0.5) is 0 Å². The van der Waals surface area contributed by atoms with Crippen LogP contribution in [0.2, 0.25) is 5.02 Å². The minimum Gasteiger partial charge on any atom is -0.490 e. The van der Waals surface area contributed by atoms with Crippen LogP contribution in [0.5, 0.6) is 0 Å². The van der Waals surface area contributed by atoms with E-state index < -0.39 is 0 Å². The normalized spacial score (nSPS) is 18.0. The standard InChI is InChI=1S/C29H36ClNO/c1-5-11-26(27-13-9-8-10-14-29(27)32-24-15-16-24)25(7-3)28(12-6-2)31-20-22-17-21(4)18-23(30)19-22/h5,7-9,11,13-14,17-19,24,28,31H,1,6,10,12,15-16,20H2,2-4H3/b25-7+,26-11+. The van der Waals surface area contributed by atoms with Gasteiger partial charge in [-0.3, -0.25) is 0 Å². The molecule has 32 heavy (non-hydrogen) atoms. The molecule has 0 aromatic heterocycles. The smallest absolute Gasteiger partial charge is 0.123 e. The molecule has 1 atom stereocenters. The third kappa shape index (κ3) is 6.85. The van der Waals surface area contributed by atoms with E-state index >= 15 is 0 Å². The molecular weight excluding hydrogens is 414 g/mol. The zero-order valence-corrected chi connectivity index (χ0v) is 20.4. The second kappa shape index (κ2) is 12.1. The van der Waals surface area contributed by atoms with E-state index in [0.29, 0.717) is 6.10 Å². The van der Waals surface area contributed by atoms with Gasteiger partial charge in [0.1, 0.15) is 5.76 Å². The van der Waals surface area contributed by atoms with Gasteiger partial charge in [0.05, 0.1) is 6.10 Å². The summed E-state index contributed by atoms with van der Waals surface area (Å²) in [6, 6.07) is 6.45. The first kappa shape index (κ1) is 24.4.